The van der Waals surface area contributed by atoms with Crippen LogP contribution < -0.4 is 5.73 Å². The second-order valence-corrected chi connectivity index (χ2v) is 4.68. The number of para-hydroxylation sites is 1. The van der Waals surface area contributed by atoms with Crippen LogP contribution in [-0.4, -0.2) is 12.6 Å². The van der Waals surface area contributed by atoms with E-state index in [1.165, 1.54) is 30.3 Å². The molecule has 0 fully saturated rings. The van der Waals surface area contributed by atoms with Crippen LogP contribution in [0.25, 0.3) is 0 Å². The first kappa shape index (κ1) is 15.0. The van der Waals surface area contributed by atoms with Crippen molar-refractivity contribution in [2.75, 3.05) is 12.3 Å². The van der Waals surface area contributed by atoms with Crippen LogP contribution in [0.4, 0.5) is 14.5 Å². The van der Waals surface area contributed by atoms with E-state index in [0.717, 1.165) is 0 Å². The maximum absolute atomic E-state index is 13.9. The molecule has 2 aromatic carbocycles. The molecule has 0 atom stereocenters. The van der Waals surface area contributed by atoms with Crippen LogP contribution in [0, 0.1) is 6.92 Å². The van der Waals surface area contributed by atoms with Crippen LogP contribution in [0.15, 0.2) is 48.5 Å². The number of anilines is 1. The Morgan fingerprint density at radius 1 is 1.14 bits per heavy atom. The van der Waals surface area contributed by atoms with E-state index in [9.17, 15) is 13.6 Å². The van der Waals surface area contributed by atoms with Gasteiger partial charge in [-0.25, -0.2) is 4.79 Å². The molecular formula is C16H15F2NO2. The van der Waals surface area contributed by atoms with E-state index in [2.05, 4.69) is 0 Å². The Morgan fingerprint density at radius 3 is 2.48 bits per heavy atom. The predicted molar refractivity (Wildman–Crippen MR) is 76.2 cm³/mol. The summed E-state index contributed by atoms with van der Waals surface area (Å²) in [6, 6.07) is 12.0. The fourth-order valence-corrected chi connectivity index (χ4v) is 1.86. The van der Waals surface area contributed by atoms with Crippen molar-refractivity contribution in [3.8, 4) is 0 Å². The number of hydrogen-bond acceptors (Lipinski definition) is 3. The summed E-state index contributed by atoms with van der Waals surface area (Å²) in [6.45, 7) is 0.702. The van der Waals surface area contributed by atoms with E-state index in [-0.39, 0.29) is 16.8 Å². The highest BCUT2D eigenvalue weighted by atomic mass is 19.3. The Balaban J connectivity index is 2.09. The number of ether oxygens (including phenoxy) is 1. The van der Waals surface area contributed by atoms with Gasteiger partial charge in [-0.05, 0) is 18.6 Å². The number of hydrogen-bond donors (Lipinski definition) is 1. The number of esters is 1. The van der Waals surface area contributed by atoms with Gasteiger partial charge in [-0.1, -0.05) is 42.5 Å². The first-order chi connectivity index (χ1) is 9.92. The lowest BCUT2D eigenvalue weighted by atomic mass is 10.1. The third-order valence-corrected chi connectivity index (χ3v) is 3.12. The lowest BCUT2D eigenvalue weighted by molar-refractivity contribution is -0.0661. The molecule has 0 saturated heterocycles. The van der Waals surface area contributed by atoms with Gasteiger partial charge >= 0.3 is 11.9 Å². The summed E-state index contributed by atoms with van der Waals surface area (Å²) in [5.41, 5.74) is 6.58. The number of aryl methyl sites for hydroxylation is 1. The Bertz CT molecular complexity index is 642. The largest absolute Gasteiger partial charge is 0.455 e. The van der Waals surface area contributed by atoms with Crippen LogP contribution in [0.3, 0.4) is 0 Å². The van der Waals surface area contributed by atoms with Gasteiger partial charge in [0.25, 0.3) is 0 Å². The van der Waals surface area contributed by atoms with Gasteiger partial charge in [0, 0.05) is 11.3 Å². The highest BCUT2D eigenvalue weighted by Crippen LogP contribution is 2.28. The zero-order valence-electron chi connectivity index (χ0n) is 11.5. The summed E-state index contributed by atoms with van der Waals surface area (Å²) in [4.78, 5) is 11.9. The Labute approximate surface area is 121 Å². The van der Waals surface area contributed by atoms with Crippen molar-refractivity contribution in [3.05, 3.63) is 65.2 Å². The number of carbonyl (C=O) groups excluding carboxylic acids is 1. The quantitative estimate of drug-likeness (QED) is 0.692. The molecule has 2 aromatic rings. The molecule has 3 nitrogen and oxygen atoms in total. The number of carbonyl (C=O) groups is 1. The smallest absolute Gasteiger partial charge is 0.340 e. The predicted octanol–water partition coefficient (Wildman–Crippen LogP) is 3.53. The van der Waals surface area contributed by atoms with Gasteiger partial charge in [0.15, 0.2) is 6.61 Å². The summed E-state index contributed by atoms with van der Waals surface area (Å²) in [5.74, 6) is -4.10. The first-order valence-electron chi connectivity index (χ1n) is 6.37. The lowest BCUT2D eigenvalue weighted by Crippen LogP contribution is -2.24. The SMILES string of the molecule is Cc1cccc(C(=O)OCC(F)(F)c2ccccc2)c1N. The van der Waals surface area contributed by atoms with Crippen molar-refractivity contribution in [2.45, 2.75) is 12.8 Å². The Hall–Kier alpha value is -2.43. The zero-order chi connectivity index (χ0) is 15.5. The van der Waals surface area contributed by atoms with Crippen molar-refractivity contribution in [1.82, 2.24) is 0 Å². The molecule has 0 saturated carbocycles. The van der Waals surface area contributed by atoms with Crippen molar-refractivity contribution in [3.63, 3.8) is 0 Å². The fraction of sp³-hybridized carbons (Fsp3) is 0.188. The Kier molecular flexibility index (Phi) is 4.21. The van der Waals surface area contributed by atoms with Gasteiger partial charge in [-0.3, -0.25) is 0 Å². The van der Waals surface area contributed by atoms with Gasteiger partial charge in [-0.2, -0.15) is 8.78 Å². The van der Waals surface area contributed by atoms with E-state index in [1.807, 2.05) is 0 Å². The molecule has 2 rings (SSSR count). The Morgan fingerprint density at radius 2 is 1.81 bits per heavy atom. The second kappa shape index (κ2) is 5.91. The monoisotopic (exact) mass is 291 g/mol. The van der Waals surface area contributed by atoms with Crippen molar-refractivity contribution in [2.24, 2.45) is 0 Å². The van der Waals surface area contributed by atoms with Crippen LogP contribution in [0.5, 0.6) is 0 Å². The summed E-state index contributed by atoms with van der Waals surface area (Å²) >= 11 is 0. The summed E-state index contributed by atoms with van der Waals surface area (Å²) < 4.78 is 32.5. The molecule has 0 spiro atoms. The number of nitrogen functional groups attached to an aromatic ring is 1. The van der Waals surface area contributed by atoms with Crippen LogP contribution in [-0.2, 0) is 10.7 Å². The molecule has 0 aliphatic heterocycles. The van der Waals surface area contributed by atoms with Crippen molar-refractivity contribution >= 4 is 11.7 Å². The minimum absolute atomic E-state index is 0.0962. The standard InChI is InChI=1S/C16H15F2NO2/c1-11-6-5-9-13(14(11)19)15(20)21-10-16(17,18)12-7-3-2-4-8-12/h2-9H,10,19H2,1H3. The van der Waals surface area contributed by atoms with Crippen molar-refractivity contribution < 1.29 is 18.3 Å². The molecule has 110 valence electrons. The van der Waals surface area contributed by atoms with Crippen molar-refractivity contribution in [1.29, 1.82) is 0 Å². The zero-order valence-corrected chi connectivity index (χ0v) is 11.5. The molecule has 0 unspecified atom stereocenters. The third kappa shape index (κ3) is 3.37. The average molecular weight is 291 g/mol. The number of halogens is 2. The van der Waals surface area contributed by atoms with Gasteiger partial charge in [0.2, 0.25) is 0 Å². The molecular weight excluding hydrogens is 276 g/mol. The number of nitrogens with two attached hydrogens (primary N) is 1. The lowest BCUT2D eigenvalue weighted by Gasteiger charge is -2.17. The molecule has 0 aromatic heterocycles. The van der Waals surface area contributed by atoms with Gasteiger partial charge < -0.3 is 10.5 Å². The van der Waals surface area contributed by atoms with E-state index in [1.54, 1.807) is 25.1 Å². The van der Waals surface area contributed by atoms with Crippen LogP contribution >= 0.6 is 0 Å². The van der Waals surface area contributed by atoms with E-state index < -0.39 is 18.5 Å². The molecule has 0 aliphatic carbocycles. The normalized spacial score (nSPS) is 11.2. The van der Waals surface area contributed by atoms with Crippen LogP contribution in [0.2, 0.25) is 0 Å². The fourth-order valence-electron chi connectivity index (χ4n) is 1.86. The summed E-state index contributed by atoms with van der Waals surface area (Å²) in [6.07, 6.45) is 0. The maximum Gasteiger partial charge on any atom is 0.340 e. The average Bonchev–Trinajstić information content (AvgIpc) is 2.49. The molecule has 5 heteroatoms. The highest BCUT2D eigenvalue weighted by molar-refractivity contribution is 5.95. The van der Waals surface area contributed by atoms with E-state index in [4.69, 9.17) is 10.5 Å². The molecule has 0 aliphatic rings. The third-order valence-electron chi connectivity index (χ3n) is 3.12. The van der Waals surface area contributed by atoms with Gasteiger partial charge in [-0.15, -0.1) is 0 Å². The summed E-state index contributed by atoms with van der Waals surface area (Å²) in [7, 11) is 0. The number of alkyl halides is 2. The minimum Gasteiger partial charge on any atom is -0.455 e. The summed E-state index contributed by atoms with van der Waals surface area (Å²) in [5, 5.41) is 0. The molecule has 0 heterocycles. The number of rotatable bonds is 4. The minimum atomic E-state index is -3.24. The highest BCUT2D eigenvalue weighted by Gasteiger charge is 2.33. The molecule has 0 bridgehead atoms. The molecule has 0 radical (unpaired) electrons. The first-order valence-corrected chi connectivity index (χ1v) is 6.37. The second-order valence-electron chi connectivity index (χ2n) is 4.68. The molecule has 0 amide bonds. The molecule has 2 N–H and O–H groups in total. The molecule has 21 heavy (non-hydrogen) atoms. The van der Waals surface area contributed by atoms with Crippen LogP contribution in [0.1, 0.15) is 21.5 Å². The topological polar surface area (TPSA) is 52.3 Å². The van der Waals surface area contributed by atoms with Gasteiger partial charge in [0.1, 0.15) is 0 Å². The van der Waals surface area contributed by atoms with E-state index in [0.29, 0.717) is 5.56 Å². The van der Waals surface area contributed by atoms with Gasteiger partial charge in [0.05, 0.1) is 5.56 Å². The number of benzene rings is 2. The van der Waals surface area contributed by atoms with E-state index >= 15 is 0 Å². The maximum atomic E-state index is 13.9.